The van der Waals surface area contributed by atoms with Crippen LogP contribution in [-0.4, -0.2) is 11.7 Å². The van der Waals surface area contributed by atoms with Crippen LogP contribution in [0.4, 0.5) is 0 Å². The Morgan fingerprint density at radius 2 is 2.00 bits per heavy atom. The van der Waals surface area contributed by atoms with Gasteiger partial charge in [-0.2, -0.15) is 0 Å². The topological polar surface area (TPSA) is 24.1 Å². The maximum absolute atomic E-state index is 5.96. The Kier molecular flexibility index (Phi) is 6.10. The lowest BCUT2D eigenvalue weighted by molar-refractivity contribution is 0.820. The van der Waals surface area contributed by atoms with E-state index in [4.69, 9.17) is 35.4 Å². The Hall–Kier alpha value is -0.810. The molecule has 0 aliphatic rings. The van der Waals surface area contributed by atoms with Crippen molar-refractivity contribution in [3.8, 4) is 0 Å². The van der Waals surface area contributed by atoms with E-state index < -0.39 is 0 Å². The smallest absolute Gasteiger partial charge is 0.166 e. The number of hydrogen-bond donors (Lipinski definition) is 2. The van der Waals surface area contributed by atoms with Gasteiger partial charge in [-0.3, -0.25) is 0 Å². The second kappa shape index (κ2) is 7.84. The van der Waals surface area contributed by atoms with Gasteiger partial charge in [0.1, 0.15) is 0 Å². The molecular formula is C14H14Cl2N2S2. The van der Waals surface area contributed by atoms with Crippen LogP contribution in [0.1, 0.15) is 10.4 Å². The van der Waals surface area contributed by atoms with Gasteiger partial charge in [0.15, 0.2) is 5.11 Å². The van der Waals surface area contributed by atoms with E-state index in [0.29, 0.717) is 21.7 Å². The molecule has 0 amide bonds. The summed E-state index contributed by atoms with van der Waals surface area (Å²) in [4.78, 5) is 1.35. The van der Waals surface area contributed by atoms with Gasteiger partial charge in [0, 0.05) is 18.0 Å². The fourth-order valence-corrected chi connectivity index (χ4v) is 2.85. The zero-order valence-electron chi connectivity index (χ0n) is 10.7. The van der Waals surface area contributed by atoms with Crippen LogP contribution in [0.5, 0.6) is 0 Å². The van der Waals surface area contributed by atoms with Crippen molar-refractivity contribution in [3.63, 3.8) is 0 Å². The highest BCUT2D eigenvalue weighted by Gasteiger charge is 2.01. The molecule has 1 aromatic carbocycles. The third-order valence-electron chi connectivity index (χ3n) is 2.67. The van der Waals surface area contributed by atoms with Crippen molar-refractivity contribution < 1.29 is 0 Å². The predicted octanol–water partition coefficient (Wildman–Crippen LogP) is 4.26. The van der Waals surface area contributed by atoms with Gasteiger partial charge in [-0.15, -0.1) is 11.3 Å². The monoisotopic (exact) mass is 344 g/mol. The SMILES string of the molecule is S=C(NCCc1cccs1)NCc1ccc(Cl)c(Cl)c1. The lowest BCUT2D eigenvalue weighted by Gasteiger charge is -2.10. The molecule has 0 aliphatic heterocycles. The third kappa shape index (κ3) is 4.94. The molecular weight excluding hydrogens is 331 g/mol. The Balaban J connectivity index is 1.70. The maximum atomic E-state index is 5.96. The van der Waals surface area contributed by atoms with Crippen molar-refractivity contribution >= 4 is 51.9 Å². The van der Waals surface area contributed by atoms with Crippen molar-refractivity contribution in [2.24, 2.45) is 0 Å². The van der Waals surface area contributed by atoms with Crippen LogP contribution < -0.4 is 10.6 Å². The summed E-state index contributed by atoms with van der Waals surface area (Å²) in [5, 5.41) is 10.2. The number of thiophene rings is 1. The number of hydrogen-bond acceptors (Lipinski definition) is 2. The first-order chi connectivity index (χ1) is 9.65. The molecule has 0 saturated heterocycles. The summed E-state index contributed by atoms with van der Waals surface area (Å²) in [6.45, 7) is 1.45. The standard InChI is InChI=1S/C14H14Cl2N2S2/c15-12-4-3-10(8-13(12)16)9-18-14(19)17-6-5-11-2-1-7-20-11/h1-4,7-8H,5-6,9H2,(H2,17,18,19). The molecule has 2 aromatic rings. The van der Waals surface area contributed by atoms with Gasteiger partial charge in [-0.25, -0.2) is 0 Å². The lowest BCUT2D eigenvalue weighted by Crippen LogP contribution is -2.35. The van der Waals surface area contributed by atoms with E-state index in [9.17, 15) is 0 Å². The molecule has 0 aliphatic carbocycles. The van der Waals surface area contributed by atoms with E-state index in [1.165, 1.54) is 4.88 Å². The molecule has 1 aromatic heterocycles. The predicted molar refractivity (Wildman–Crippen MR) is 91.9 cm³/mol. The highest BCUT2D eigenvalue weighted by molar-refractivity contribution is 7.80. The van der Waals surface area contributed by atoms with E-state index in [0.717, 1.165) is 18.5 Å². The van der Waals surface area contributed by atoms with Crippen molar-refractivity contribution in [2.45, 2.75) is 13.0 Å². The quantitative estimate of drug-likeness (QED) is 0.792. The van der Waals surface area contributed by atoms with Crippen molar-refractivity contribution in [2.75, 3.05) is 6.54 Å². The fraction of sp³-hybridized carbons (Fsp3) is 0.214. The molecule has 1 heterocycles. The molecule has 0 spiro atoms. The molecule has 0 saturated carbocycles. The Morgan fingerprint density at radius 1 is 1.15 bits per heavy atom. The minimum atomic E-state index is 0.558. The molecule has 2 nitrogen and oxygen atoms in total. The summed E-state index contributed by atoms with van der Waals surface area (Å²) in [5.74, 6) is 0. The molecule has 106 valence electrons. The van der Waals surface area contributed by atoms with E-state index in [1.807, 2.05) is 12.1 Å². The number of nitrogens with one attached hydrogen (secondary N) is 2. The van der Waals surface area contributed by atoms with E-state index in [2.05, 4.69) is 28.1 Å². The van der Waals surface area contributed by atoms with Crippen molar-refractivity contribution in [3.05, 3.63) is 56.2 Å². The molecule has 20 heavy (non-hydrogen) atoms. The number of rotatable bonds is 5. The second-order valence-corrected chi connectivity index (χ2v) is 6.44. The summed E-state index contributed by atoms with van der Waals surface area (Å²) in [5.41, 5.74) is 1.04. The van der Waals surface area contributed by atoms with Gasteiger partial charge in [0.05, 0.1) is 10.0 Å². The van der Waals surface area contributed by atoms with Crippen LogP contribution in [0.15, 0.2) is 35.7 Å². The second-order valence-electron chi connectivity index (χ2n) is 4.19. The van der Waals surface area contributed by atoms with Crippen LogP contribution in [0.25, 0.3) is 0 Å². The minimum Gasteiger partial charge on any atom is -0.362 e. The Morgan fingerprint density at radius 3 is 2.70 bits per heavy atom. The van der Waals surface area contributed by atoms with Gasteiger partial charge >= 0.3 is 0 Å². The first-order valence-corrected chi connectivity index (χ1v) is 8.17. The van der Waals surface area contributed by atoms with Gasteiger partial charge in [-0.05, 0) is 47.8 Å². The Bertz CT molecular complexity index is 571. The largest absolute Gasteiger partial charge is 0.362 e. The zero-order chi connectivity index (χ0) is 14.4. The highest BCUT2D eigenvalue weighted by Crippen LogP contribution is 2.22. The fourth-order valence-electron chi connectivity index (χ4n) is 1.65. The Labute approximate surface area is 138 Å². The normalized spacial score (nSPS) is 10.3. The average molecular weight is 345 g/mol. The van der Waals surface area contributed by atoms with E-state index >= 15 is 0 Å². The molecule has 6 heteroatoms. The summed E-state index contributed by atoms with van der Waals surface area (Å²) < 4.78 is 0. The molecule has 0 bridgehead atoms. The molecule has 0 fully saturated rings. The first-order valence-electron chi connectivity index (χ1n) is 6.13. The van der Waals surface area contributed by atoms with Gasteiger partial charge < -0.3 is 10.6 Å². The van der Waals surface area contributed by atoms with Gasteiger partial charge in [-0.1, -0.05) is 35.3 Å². The number of thiocarbonyl (C=S) groups is 1. The summed E-state index contributed by atoms with van der Waals surface area (Å²) in [6.07, 6.45) is 0.978. The molecule has 0 atom stereocenters. The average Bonchev–Trinajstić information content (AvgIpc) is 2.93. The minimum absolute atomic E-state index is 0.558. The highest BCUT2D eigenvalue weighted by atomic mass is 35.5. The van der Waals surface area contributed by atoms with Gasteiger partial charge in [0.25, 0.3) is 0 Å². The van der Waals surface area contributed by atoms with Crippen LogP contribution in [-0.2, 0) is 13.0 Å². The van der Waals surface area contributed by atoms with E-state index in [1.54, 1.807) is 17.4 Å². The van der Waals surface area contributed by atoms with Crippen LogP contribution in [0.2, 0.25) is 10.0 Å². The summed E-state index contributed by atoms with van der Waals surface area (Å²) >= 11 is 18.8. The molecule has 2 rings (SSSR count). The van der Waals surface area contributed by atoms with Crippen LogP contribution in [0, 0.1) is 0 Å². The van der Waals surface area contributed by atoms with Crippen LogP contribution in [0.3, 0.4) is 0 Å². The number of benzene rings is 1. The summed E-state index contributed by atoms with van der Waals surface area (Å²) in [7, 11) is 0. The molecule has 0 unspecified atom stereocenters. The summed E-state index contributed by atoms with van der Waals surface area (Å²) in [6, 6.07) is 9.73. The van der Waals surface area contributed by atoms with Gasteiger partial charge in [0.2, 0.25) is 0 Å². The van der Waals surface area contributed by atoms with E-state index in [-0.39, 0.29) is 0 Å². The zero-order valence-corrected chi connectivity index (χ0v) is 13.8. The van der Waals surface area contributed by atoms with Crippen LogP contribution >= 0.6 is 46.8 Å². The van der Waals surface area contributed by atoms with Crippen molar-refractivity contribution in [1.82, 2.24) is 10.6 Å². The molecule has 2 N–H and O–H groups in total. The number of halogens is 2. The maximum Gasteiger partial charge on any atom is 0.166 e. The first kappa shape index (κ1) is 15.6. The third-order valence-corrected chi connectivity index (χ3v) is 4.64. The lowest BCUT2D eigenvalue weighted by atomic mass is 10.2. The van der Waals surface area contributed by atoms with Crippen molar-refractivity contribution in [1.29, 1.82) is 0 Å². The molecule has 0 radical (unpaired) electrons.